The van der Waals surface area contributed by atoms with Gasteiger partial charge in [0.2, 0.25) is 5.82 Å². The third-order valence-electron chi connectivity index (χ3n) is 3.67. The Morgan fingerprint density at radius 2 is 1.80 bits per heavy atom. The highest BCUT2D eigenvalue weighted by Gasteiger charge is 2.38. The average molecular weight is 356 g/mol. The van der Waals surface area contributed by atoms with E-state index in [1.54, 1.807) is 11.9 Å². The molecule has 9 heteroatoms. The van der Waals surface area contributed by atoms with Crippen LogP contribution in [0.5, 0.6) is 0 Å². The summed E-state index contributed by atoms with van der Waals surface area (Å²) in [5.41, 5.74) is 0.760. The van der Waals surface area contributed by atoms with Crippen LogP contribution in [0, 0.1) is 0 Å². The minimum atomic E-state index is -4.69. The molecule has 0 aliphatic rings. The largest absolute Gasteiger partial charge is 0.471 e. The van der Waals surface area contributed by atoms with Crippen LogP contribution in [-0.2, 0) is 6.18 Å². The summed E-state index contributed by atoms with van der Waals surface area (Å²) >= 11 is 0. The van der Waals surface area contributed by atoms with Crippen molar-refractivity contribution < 1.29 is 22.5 Å². The Morgan fingerprint density at radius 1 is 1.20 bits per heavy atom. The Balaban J connectivity index is 2.14. The van der Waals surface area contributed by atoms with E-state index in [0.717, 1.165) is 0 Å². The fourth-order valence-electron chi connectivity index (χ4n) is 2.27. The van der Waals surface area contributed by atoms with E-state index in [0.29, 0.717) is 17.7 Å². The highest BCUT2D eigenvalue weighted by molar-refractivity contribution is 5.94. The van der Waals surface area contributed by atoms with Gasteiger partial charge >= 0.3 is 12.1 Å². The molecule has 0 N–H and O–H groups in total. The normalized spacial score (nSPS) is 13.1. The number of aromatic nitrogens is 2. The molecule has 1 amide bonds. The molecule has 0 spiro atoms. The molecule has 1 unspecified atom stereocenters. The van der Waals surface area contributed by atoms with Crippen molar-refractivity contribution in [1.29, 1.82) is 0 Å². The molecule has 2 rings (SSSR count). The third-order valence-corrected chi connectivity index (χ3v) is 3.67. The molecular weight excluding hydrogens is 337 g/mol. The first-order valence-electron chi connectivity index (χ1n) is 7.53. The van der Waals surface area contributed by atoms with Gasteiger partial charge in [-0.05, 0) is 33.2 Å². The second-order valence-corrected chi connectivity index (χ2v) is 6.03. The maximum Gasteiger partial charge on any atom is 0.471 e. The van der Waals surface area contributed by atoms with Gasteiger partial charge in [-0.2, -0.15) is 18.2 Å². The molecule has 136 valence electrons. The summed E-state index contributed by atoms with van der Waals surface area (Å²) in [6, 6.07) is 6.04. The molecule has 0 aliphatic heterocycles. The van der Waals surface area contributed by atoms with Crippen molar-refractivity contribution in [3.8, 4) is 11.4 Å². The summed E-state index contributed by atoms with van der Waals surface area (Å²) in [6.07, 6.45) is -4.69. The lowest BCUT2D eigenvalue weighted by atomic mass is 10.1. The van der Waals surface area contributed by atoms with Crippen molar-refractivity contribution in [3.63, 3.8) is 0 Å². The molecule has 0 saturated carbocycles. The van der Waals surface area contributed by atoms with Gasteiger partial charge in [-0.15, -0.1) is 0 Å². The molecule has 1 aromatic heterocycles. The van der Waals surface area contributed by atoms with E-state index >= 15 is 0 Å². The average Bonchev–Trinajstić information content (AvgIpc) is 3.03. The second-order valence-electron chi connectivity index (χ2n) is 6.03. The number of carbonyl (C=O) groups excluding carboxylic acids is 1. The molecule has 1 aromatic carbocycles. The van der Waals surface area contributed by atoms with Crippen LogP contribution in [0.15, 0.2) is 28.8 Å². The third kappa shape index (κ3) is 4.56. The fraction of sp³-hybridized carbons (Fsp3) is 0.438. The molecule has 6 nitrogen and oxygen atoms in total. The highest BCUT2D eigenvalue weighted by Crippen LogP contribution is 2.29. The van der Waals surface area contributed by atoms with E-state index < -0.39 is 12.1 Å². The molecule has 0 bridgehead atoms. The first-order valence-corrected chi connectivity index (χ1v) is 7.53. The van der Waals surface area contributed by atoms with E-state index in [1.165, 1.54) is 24.3 Å². The summed E-state index contributed by atoms with van der Waals surface area (Å²) in [6.45, 7) is 2.65. The maximum absolute atomic E-state index is 12.5. The first kappa shape index (κ1) is 18.9. The minimum absolute atomic E-state index is 0.00808. The Kier molecular flexibility index (Phi) is 5.46. The lowest BCUT2D eigenvalue weighted by Crippen LogP contribution is -2.41. The van der Waals surface area contributed by atoms with Crippen LogP contribution in [0.25, 0.3) is 11.4 Å². The topological polar surface area (TPSA) is 62.5 Å². The number of nitrogens with zero attached hydrogens (tertiary/aromatic N) is 4. The predicted octanol–water partition coefficient (Wildman–Crippen LogP) is 2.78. The molecule has 0 saturated heterocycles. The Hall–Kier alpha value is -2.42. The number of hydrogen-bond donors (Lipinski definition) is 0. The Morgan fingerprint density at radius 3 is 2.28 bits per heavy atom. The smallest absolute Gasteiger partial charge is 0.338 e. The standard InChI is InChI=1S/C16H19F3N4O2/c1-10(9-22(2)3)23(4)14(24)12-7-5-11(6-8-12)13-20-15(25-21-13)16(17,18)19/h5-8,10H,9H2,1-4H3. The zero-order valence-corrected chi connectivity index (χ0v) is 14.3. The van der Waals surface area contributed by atoms with Gasteiger partial charge in [0, 0.05) is 30.8 Å². The van der Waals surface area contributed by atoms with Gasteiger partial charge in [-0.3, -0.25) is 4.79 Å². The summed E-state index contributed by atoms with van der Waals surface area (Å²) in [5, 5.41) is 3.32. The highest BCUT2D eigenvalue weighted by atomic mass is 19.4. The van der Waals surface area contributed by atoms with Crippen LogP contribution in [0.2, 0.25) is 0 Å². The SMILES string of the molecule is CC(CN(C)C)N(C)C(=O)c1ccc(-c2noc(C(F)(F)F)n2)cc1. The summed E-state index contributed by atoms with van der Waals surface area (Å²) < 4.78 is 41.7. The van der Waals surface area contributed by atoms with Crippen LogP contribution in [0.4, 0.5) is 13.2 Å². The van der Waals surface area contributed by atoms with E-state index in [2.05, 4.69) is 14.7 Å². The van der Waals surface area contributed by atoms with E-state index in [4.69, 9.17) is 0 Å². The second kappa shape index (κ2) is 7.22. The van der Waals surface area contributed by atoms with Gasteiger partial charge in [-0.1, -0.05) is 17.3 Å². The van der Waals surface area contributed by atoms with Crippen LogP contribution < -0.4 is 0 Å². The van der Waals surface area contributed by atoms with Gasteiger partial charge in [0.15, 0.2) is 0 Å². The van der Waals surface area contributed by atoms with E-state index in [1.807, 2.05) is 25.9 Å². The van der Waals surface area contributed by atoms with Crippen molar-refractivity contribution in [2.75, 3.05) is 27.7 Å². The van der Waals surface area contributed by atoms with Gasteiger partial charge in [-0.25, -0.2) is 0 Å². The molecule has 0 fully saturated rings. The van der Waals surface area contributed by atoms with E-state index in [-0.39, 0.29) is 17.8 Å². The zero-order chi connectivity index (χ0) is 18.8. The quantitative estimate of drug-likeness (QED) is 0.824. The van der Waals surface area contributed by atoms with Crippen LogP contribution in [0.1, 0.15) is 23.2 Å². The molecule has 1 heterocycles. The van der Waals surface area contributed by atoms with Gasteiger partial charge < -0.3 is 14.3 Å². The zero-order valence-electron chi connectivity index (χ0n) is 14.3. The van der Waals surface area contributed by atoms with Crippen LogP contribution >= 0.6 is 0 Å². The number of likely N-dealkylation sites (N-methyl/N-ethyl adjacent to an activating group) is 2. The van der Waals surface area contributed by atoms with E-state index in [9.17, 15) is 18.0 Å². The number of carbonyl (C=O) groups is 1. The Bertz CT molecular complexity index is 726. The molecule has 1 atom stereocenters. The monoisotopic (exact) mass is 356 g/mol. The van der Waals surface area contributed by atoms with Gasteiger partial charge in [0.05, 0.1) is 0 Å². The minimum Gasteiger partial charge on any atom is -0.338 e. The fourth-order valence-corrected chi connectivity index (χ4v) is 2.27. The van der Waals surface area contributed by atoms with Crippen molar-refractivity contribution in [1.82, 2.24) is 19.9 Å². The number of rotatable bonds is 5. The molecule has 25 heavy (non-hydrogen) atoms. The van der Waals surface area contributed by atoms with Gasteiger partial charge in [0.1, 0.15) is 0 Å². The lowest BCUT2D eigenvalue weighted by Gasteiger charge is -2.27. The maximum atomic E-state index is 12.5. The molecule has 0 radical (unpaired) electrons. The lowest BCUT2D eigenvalue weighted by molar-refractivity contribution is -0.159. The van der Waals surface area contributed by atoms with Crippen LogP contribution in [-0.4, -0.2) is 59.6 Å². The van der Waals surface area contributed by atoms with Crippen molar-refractivity contribution >= 4 is 5.91 Å². The number of halogens is 3. The summed E-state index contributed by atoms with van der Waals surface area (Å²) in [4.78, 5) is 19.4. The summed E-state index contributed by atoms with van der Waals surface area (Å²) in [7, 11) is 5.55. The van der Waals surface area contributed by atoms with Crippen molar-refractivity contribution in [3.05, 3.63) is 35.7 Å². The Labute approximate surface area is 143 Å². The number of benzene rings is 1. The molecular formula is C16H19F3N4O2. The predicted molar refractivity (Wildman–Crippen MR) is 84.8 cm³/mol. The van der Waals surface area contributed by atoms with Crippen LogP contribution in [0.3, 0.4) is 0 Å². The number of alkyl halides is 3. The van der Waals surface area contributed by atoms with Crippen molar-refractivity contribution in [2.24, 2.45) is 0 Å². The molecule has 2 aromatic rings. The van der Waals surface area contributed by atoms with Crippen molar-refractivity contribution in [2.45, 2.75) is 19.1 Å². The number of amides is 1. The van der Waals surface area contributed by atoms with Gasteiger partial charge in [0.25, 0.3) is 5.91 Å². The summed E-state index contributed by atoms with van der Waals surface area (Å²) in [5.74, 6) is -1.76. The first-order chi connectivity index (χ1) is 11.6. The number of hydrogen-bond acceptors (Lipinski definition) is 5. The molecule has 0 aliphatic carbocycles.